The van der Waals surface area contributed by atoms with Gasteiger partial charge in [-0.25, -0.2) is 8.42 Å². The van der Waals surface area contributed by atoms with Gasteiger partial charge in [0, 0.05) is 5.69 Å². The maximum atomic E-state index is 12.2. The molecule has 1 aromatic rings. The standard InChI is InChI=1S/C13H19NO2S/c1-2-4-10-7-8-12(9-13(10)14)17(15,16)11-5-3-6-11/h7-9,11H,2-6,14H2,1H3. The van der Waals surface area contributed by atoms with Gasteiger partial charge < -0.3 is 5.73 Å². The van der Waals surface area contributed by atoms with Crippen molar-refractivity contribution in [2.24, 2.45) is 0 Å². The van der Waals surface area contributed by atoms with Gasteiger partial charge in [0.1, 0.15) is 0 Å². The second-order valence-electron chi connectivity index (χ2n) is 4.71. The lowest BCUT2D eigenvalue weighted by atomic mass is 10.00. The van der Waals surface area contributed by atoms with Crippen LogP contribution in [0.15, 0.2) is 23.1 Å². The number of sulfone groups is 1. The Labute approximate surface area is 103 Å². The zero-order valence-corrected chi connectivity index (χ0v) is 11.0. The number of hydrogen-bond acceptors (Lipinski definition) is 3. The van der Waals surface area contributed by atoms with Gasteiger partial charge in [0.15, 0.2) is 9.84 Å². The van der Waals surface area contributed by atoms with Crippen molar-refractivity contribution in [3.8, 4) is 0 Å². The second-order valence-corrected chi connectivity index (χ2v) is 6.94. The monoisotopic (exact) mass is 253 g/mol. The lowest BCUT2D eigenvalue weighted by Gasteiger charge is -2.25. The highest BCUT2D eigenvalue weighted by Crippen LogP contribution is 2.32. The molecule has 1 aliphatic carbocycles. The highest BCUT2D eigenvalue weighted by atomic mass is 32.2. The SMILES string of the molecule is CCCc1ccc(S(=O)(=O)C2CCC2)cc1N. The normalized spacial score (nSPS) is 16.8. The molecule has 1 aliphatic rings. The minimum absolute atomic E-state index is 0.182. The number of anilines is 1. The van der Waals surface area contributed by atoms with Crippen LogP contribution in [0.2, 0.25) is 0 Å². The summed E-state index contributed by atoms with van der Waals surface area (Å²) in [7, 11) is -3.14. The van der Waals surface area contributed by atoms with Gasteiger partial charge in [0.25, 0.3) is 0 Å². The Kier molecular flexibility index (Phi) is 3.43. The quantitative estimate of drug-likeness (QED) is 0.839. The van der Waals surface area contributed by atoms with E-state index >= 15 is 0 Å². The summed E-state index contributed by atoms with van der Waals surface area (Å²) in [5, 5.41) is -0.182. The number of rotatable bonds is 4. The number of benzene rings is 1. The summed E-state index contributed by atoms with van der Waals surface area (Å²) in [6.07, 6.45) is 4.51. The van der Waals surface area contributed by atoms with E-state index in [-0.39, 0.29) is 5.25 Å². The molecule has 1 aromatic carbocycles. The van der Waals surface area contributed by atoms with E-state index in [0.29, 0.717) is 10.6 Å². The van der Waals surface area contributed by atoms with Gasteiger partial charge >= 0.3 is 0 Å². The van der Waals surface area contributed by atoms with E-state index in [4.69, 9.17) is 5.73 Å². The fraction of sp³-hybridized carbons (Fsp3) is 0.538. The van der Waals surface area contributed by atoms with Crippen molar-refractivity contribution in [3.05, 3.63) is 23.8 Å². The van der Waals surface area contributed by atoms with Crippen LogP contribution in [0.25, 0.3) is 0 Å². The van der Waals surface area contributed by atoms with Crippen LogP contribution in [0, 0.1) is 0 Å². The first kappa shape index (κ1) is 12.4. The average molecular weight is 253 g/mol. The van der Waals surface area contributed by atoms with E-state index in [1.54, 1.807) is 12.1 Å². The van der Waals surface area contributed by atoms with Crippen molar-refractivity contribution >= 4 is 15.5 Å². The molecule has 94 valence electrons. The van der Waals surface area contributed by atoms with E-state index < -0.39 is 9.84 Å². The molecular formula is C13H19NO2S. The van der Waals surface area contributed by atoms with Gasteiger partial charge in [-0.05, 0) is 37.0 Å². The van der Waals surface area contributed by atoms with Crippen molar-refractivity contribution in [2.75, 3.05) is 5.73 Å². The fourth-order valence-corrected chi connectivity index (χ4v) is 4.01. The van der Waals surface area contributed by atoms with Crippen molar-refractivity contribution in [3.63, 3.8) is 0 Å². The van der Waals surface area contributed by atoms with Crippen LogP contribution in [0.1, 0.15) is 38.2 Å². The number of hydrogen-bond donors (Lipinski definition) is 1. The summed E-state index contributed by atoms with van der Waals surface area (Å²) in [6.45, 7) is 2.08. The molecule has 0 radical (unpaired) electrons. The Bertz CT molecular complexity index is 504. The third kappa shape index (κ3) is 2.32. The summed E-state index contributed by atoms with van der Waals surface area (Å²) in [5.41, 5.74) is 7.54. The first-order chi connectivity index (χ1) is 8.05. The molecule has 0 heterocycles. The van der Waals surface area contributed by atoms with Gasteiger partial charge in [0.05, 0.1) is 10.1 Å². The molecule has 0 aromatic heterocycles. The summed E-state index contributed by atoms with van der Waals surface area (Å²) in [5.74, 6) is 0. The topological polar surface area (TPSA) is 60.2 Å². The third-order valence-corrected chi connectivity index (χ3v) is 5.72. The van der Waals surface area contributed by atoms with Crippen molar-refractivity contribution in [1.29, 1.82) is 0 Å². The average Bonchev–Trinajstić information content (AvgIpc) is 2.17. The largest absolute Gasteiger partial charge is 0.398 e. The Morgan fingerprint density at radius 3 is 2.53 bits per heavy atom. The van der Waals surface area contributed by atoms with Gasteiger partial charge in [0.2, 0.25) is 0 Å². The Morgan fingerprint density at radius 2 is 2.06 bits per heavy atom. The van der Waals surface area contributed by atoms with Crippen LogP contribution in [0.5, 0.6) is 0 Å². The van der Waals surface area contributed by atoms with Crippen molar-refractivity contribution in [2.45, 2.75) is 49.2 Å². The maximum absolute atomic E-state index is 12.2. The molecule has 0 atom stereocenters. The smallest absolute Gasteiger partial charge is 0.181 e. The molecule has 0 bridgehead atoms. The van der Waals surface area contributed by atoms with Gasteiger partial charge in [-0.15, -0.1) is 0 Å². The molecule has 2 rings (SSSR count). The zero-order valence-electron chi connectivity index (χ0n) is 10.1. The summed E-state index contributed by atoms with van der Waals surface area (Å²) < 4.78 is 24.4. The van der Waals surface area contributed by atoms with Crippen LogP contribution in [0.3, 0.4) is 0 Å². The van der Waals surface area contributed by atoms with E-state index in [9.17, 15) is 8.42 Å². The van der Waals surface area contributed by atoms with Crippen LogP contribution in [-0.4, -0.2) is 13.7 Å². The predicted molar refractivity (Wildman–Crippen MR) is 69.7 cm³/mol. The summed E-state index contributed by atoms with van der Waals surface area (Å²) in [6, 6.07) is 5.18. The Morgan fingerprint density at radius 1 is 1.35 bits per heavy atom. The van der Waals surface area contributed by atoms with Crippen molar-refractivity contribution < 1.29 is 8.42 Å². The molecular weight excluding hydrogens is 234 g/mol. The van der Waals surface area contributed by atoms with Crippen LogP contribution >= 0.6 is 0 Å². The summed E-state index contributed by atoms with van der Waals surface area (Å²) >= 11 is 0. The zero-order chi connectivity index (χ0) is 12.5. The van der Waals surface area contributed by atoms with E-state index in [1.165, 1.54) is 0 Å². The van der Waals surface area contributed by atoms with Gasteiger partial charge in [-0.1, -0.05) is 25.8 Å². The molecule has 3 nitrogen and oxygen atoms in total. The highest BCUT2D eigenvalue weighted by Gasteiger charge is 2.32. The molecule has 1 fully saturated rings. The predicted octanol–water partition coefficient (Wildman–Crippen LogP) is 2.55. The van der Waals surface area contributed by atoms with Crippen LogP contribution in [-0.2, 0) is 16.3 Å². The Hall–Kier alpha value is -1.03. The molecule has 1 saturated carbocycles. The number of nitrogens with two attached hydrogens (primary N) is 1. The highest BCUT2D eigenvalue weighted by molar-refractivity contribution is 7.92. The fourth-order valence-electron chi connectivity index (χ4n) is 2.12. The van der Waals surface area contributed by atoms with Crippen LogP contribution < -0.4 is 5.73 Å². The first-order valence-corrected chi connectivity index (χ1v) is 7.72. The molecule has 0 saturated heterocycles. The number of aryl methyl sites for hydroxylation is 1. The summed E-state index contributed by atoms with van der Waals surface area (Å²) in [4.78, 5) is 0.388. The van der Waals surface area contributed by atoms with E-state index in [2.05, 4.69) is 6.92 Å². The number of nitrogen functional groups attached to an aromatic ring is 1. The van der Waals surface area contributed by atoms with Gasteiger partial charge in [-0.2, -0.15) is 0 Å². The molecule has 0 aliphatic heterocycles. The third-order valence-electron chi connectivity index (χ3n) is 3.46. The molecule has 0 spiro atoms. The van der Waals surface area contributed by atoms with Crippen LogP contribution in [0.4, 0.5) is 5.69 Å². The second kappa shape index (κ2) is 4.69. The van der Waals surface area contributed by atoms with E-state index in [0.717, 1.165) is 37.7 Å². The van der Waals surface area contributed by atoms with Gasteiger partial charge in [-0.3, -0.25) is 0 Å². The maximum Gasteiger partial charge on any atom is 0.181 e. The minimum atomic E-state index is -3.14. The lowest BCUT2D eigenvalue weighted by molar-refractivity contribution is 0.477. The molecule has 4 heteroatoms. The molecule has 0 amide bonds. The first-order valence-electron chi connectivity index (χ1n) is 6.18. The minimum Gasteiger partial charge on any atom is -0.398 e. The molecule has 2 N–H and O–H groups in total. The van der Waals surface area contributed by atoms with E-state index in [1.807, 2.05) is 6.07 Å². The van der Waals surface area contributed by atoms with Crippen molar-refractivity contribution in [1.82, 2.24) is 0 Å². The molecule has 17 heavy (non-hydrogen) atoms. The molecule has 0 unspecified atom stereocenters. The lowest BCUT2D eigenvalue weighted by Crippen LogP contribution is -2.28. The Balaban J connectivity index is 2.31.